The van der Waals surface area contributed by atoms with E-state index in [0.29, 0.717) is 17.4 Å². The van der Waals surface area contributed by atoms with Crippen molar-refractivity contribution in [3.8, 4) is 0 Å². The van der Waals surface area contributed by atoms with Gasteiger partial charge in [-0.2, -0.15) is 0 Å². The number of aliphatic hydroxyl groups is 2. The van der Waals surface area contributed by atoms with Gasteiger partial charge in [0.25, 0.3) is 0 Å². The lowest BCUT2D eigenvalue weighted by atomic mass is 9.43. The molecule has 8 atom stereocenters. The highest BCUT2D eigenvalue weighted by Crippen LogP contribution is 2.72. The molecule has 4 aliphatic carbocycles. The maximum Gasteiger partial charge on any atom is 0.160 e. The van der Waals surface area contributed by atoms with Gasteiger partial charge in [-0.1, -0.05) is 59.3 Å². The Morgan fingerprint density at radius 3 is 2.33 bits per heavy atom. The Balaban J connectivity index is 1.65. The van der Waals surface area contributed by atoms with Gasteiger partial charge in [0, 0.05) is 6.42 Å². The number of fused-ring (bicyclic) bond motifs is 4. The van der Waals surface area contributed by atoms with Crippen molar-refractivity contribution in [2.24, 2.45) is 39.4 Å². The summed E-state index contributed by atoms with van der Waals surface area (Å²) in [6.45, 7) is 19.8. The minimum absolute atomic E-state index is 0.0118. The minimum atomic E-state index is -0.595. The fourth-order valence-corrected chi connectivity index (χ4v) is 9.38. The van der Waals surface area contributed by atoms with Gasteiger partial charge in [0.2, 0.25) is 0 Å². The van der Waals surface area contributed by atoms with Crippen LogP contribution in [0.15, 0.2) is 23.3 Å². The molecule has 2 saturated carbocycles. The average molecular weight is 457 g/mol. The fourth-order valence-electron chi connectivity index (χ4n) is 9.38. The van der Waals surface area contributed by atoms with Crippen LogP contribution in [-0.4, -0.2) is 28.2 Å². The number of aliphatic hydroxyl groups excluding tert-OH is 2. The van der Waals surface area contributed by atoms with Crippen LogP contribution in [0.1, 0.15) is 106 Å². The maximum absolute atomic E-state index is 12.2. The number of hydrogen-bond acceptors (Lipinski definition) is 3. The first-order valence-corrected chi connectivity index (χ1v) is 13.5. The van der Waals surface area contributed by atoms with Crippen molar-refractivity contribution in [2.45, 2.75) is 118 Å². The van der Waals surface area contributed by atoms with Crippen LogP contribution in [0.25, 0.3) is 0 Å². The summed E-state index contributed by atoms with van der Waals surface area (Å²) in [5, 5.41) is 21.8. The third kappa shape index (κ3) is 3.46. The van der Waals surface area contributed by atoms with Gasteiger partial charge in [-0.05, 0) is 103 Å². The summed E-state index contributed by atoms with van der Waals surface area (Å²) in [4.78, 5) is 12.2. The lowest BCUT2D eigenvalue weighted by Gasteiger charge is -2.62. The van der Waals surface area contributed by atoms with Crippen molar-refractivity contribution in [2.75, 3.05) is 0 Å². The van der Waals surface area contributed by atoms with Gasteiger partial charge in [-0.3, -0.25) is 4.79 Å². The van der Waals surface area contributed by atoms with Gasteiger partial charge in [-0.15, -0.1) is 0 Å². The maximum atomic E-state index is 12.2. The second kappa shape index (κ2) is 8.05. The van der Waals surface area contributed by atoms with E-state index in [4.69, 9.17) is 0 Å². The number of ketones is 1. The van der Waals surface area contributed by atoms with E-state index in [2.05, 4.69) is 48.1 Å². The minimum Gasteiger partial charge on any atom is -0.393 e. The lowest BCUT2D eigenvalue weighted by Crippen LogP contribution is -2.55. The van der Waals surface area contributed by atoms with Gasteiger partial charge >= 0.3 is 0 Å². The zero-order valence-electron chi connectivity index (χ0n) is 22.3. The van der Waals surface area contributed by atoms with E-state index in [9.17, 15) is 15.0 Å². The van der Waals surface area contributed by atoms with Crippen LogP contribution in [0.3, 0.4) is 0 Å². The van der Waals surface area contributed by atoms with Crippen LogP contribution in [0.2, 0.25) is 0 Å². The van der Waals surface area contributed by atoms with E-state index in [1.54, 1.807) is 18.1 Å². The standard InChI is InChI=1S/C30H48O3/c1-18(2)23(31)17-24(32)19(3)20-11-15-30(8)22-9-10-25-27(4,5)26(33)13-14-28(25,6)21(22)12-16-29(20,30)7/h19-20,24-26,32-33H,1,9-17H2,2-8H3/t19-,20?,24+,25?,26-,28+,29+,30-/m0/s1. The SMILES string of the molecule is C=C(C)C(=O)C[C@@H](O)[C@@H](C)C1CC[C@@]2(C)C3=C(CC[C@]12C)[C@@]1(C)CC[C@H](O)C(C)(C)C1CC3. The first kappa shape index (κ1) is 25.2. The van der Waals surface area contributed by atoms with Gasteiger partial charge in [-0.25, -0.2) is 0 Å². The molecule has 33 heavy (non-hydrogen) atoms. The molecule has 186 valence electrons. The second-order valence-corrected chi connectivity index (χ2v) is 13.6. The predicted octanol–water partition coefficient (Wildman–Crippen LogP) is 6.63. The molecule has 4 rings (SSSR count). The molecule has 4 aliphatic rings. The third-order valence-electron chi connectivity index (χ3n) is 11.9. The summed E-state index contributed by atoms with van der Waals surface area (Å²) in [6.07, 6.45) is 8.42. The number of allylic oxidation sites excluding steroid dienone is 3. The number of Topliss-reactive ketones (excluding diaryl/α,β-unsaturated/α-hetero) is 1. The van der Waals surface area contributed by atoms with Crippen LogP contribution in [0.4, 0.5) is 0 Å². The Morgan fingerprint density at radius 2 is 1.70 bits per heavy atom. The Labute approximate surface area is 202 Å². The van der Waals surface area contributed by atoms with Crippen LogP contribution < -0.4 is 0 Å². The van der Waals surface area contributed by atoms with Crippen molar-refractivity contribution in [1.82, 2.24) is 0 Å². The molecule has 2 N–H and O–H groups in total. The van der Waals surface area contributed by atoms with Gasteiger partial charge in [0.15, 0.2) is 5.78 Å². The Morgan fingerprint density at radius 1 is 1.03 bits per heavy atom. The fraction of sp³-hybridized carbons (Fsp3) is 0.833. The summed E-state index contributed by atoms with van der Waals surface area (Å²) in [5.74, 6) is 1.08. The second-order valence-electron chi connectivity index (χ2n) is 13.6. The first-order valence-electron chi connectivity index (χ1n) is 13.5. The molecule has 3 nitrogen and oxygen atoms in total. The Hall–Kier alpha value is -0.930. The number of carbonyl (C=O) groups is 1. The molecule has 3 heteroatoms. The molecule has 0 heterocycles. The molecule has 0 aromatic rings. The summed E-state index contributed by atoms with van der Waals surface area (Å²) < 4.78 is 0. The van der Waals surface area contributed by atoms with E-state index < -0.39 is 6.10 Å². The first-order chi connectivity index (χ1) is 15.2. The molecular formula is C30H48O3. The summed E-state index contributed by atoms with van der Waals surface area (Å²) in [7, 11) is 0. The highest BCUT2D eigenvalue weighted by atomic mass is 16.3. The third-order valence-corrected chi connectivity index (χ3v) is 11.9. The highest BCUT2D eigenvalue weighted by molar-refractivity contribution is 5.94. The topological polar surface area (TPSA) is 57.5 Å². The molecule has 0 aromatic carbocycles. The quantitative estimate of drug-likeness (QED) is 0.361. The number of carbonyl (C=O) groups excluding carboxylic acids is 1. The van der Waals surface area contributed by atoms with Crippen molar-refractivity contribution in [1.29, 1.82) is 0 Å². The molecule has 2 fully saturated rings. The summed E-state index contributed by atoms with van der Waals surface area (Å²) in [6, 6.07) is 0. The Bertz CT molecular complexity index is 868. The molecular weight excluding hydrogens is 408 g/mol. The Kier molecular flexibility index (Phi) is 6.14. The molecule has 0 amide bonds. The molecule has 0 bridgehead atoms. The average Bonchev–Trinajstić information content (AvgIpc) is 3.02. The zero-order chi connectivity index (χ0) is 24.6. The van der Waals surface area contributed by atoms with Gasteiger partial charge in [0.05, 0.1) is 12.2 Å². The monoisotopic (exact) mass is 456 g/mol. The molecule has 0 saturated heterocycles. The van der Waals surface area contributed by atoms with Crippen LogP contribution >= 0.6 is 0 Å². The molecule has 2 unspecified atom stereocenters. The molecule has 0 aromatic heterocycles. The number of hydrogen-bond donors (Lipinski definition) is 2. The predicted molar refractivity (Wildman–Crippen MR) is 135 cm³/mol. The van der Waals surface area contributed by atoms with Crippen molar-refractivity contribution >= 4 is 5.78 Å². The number of rotatable bonds is 5. The normalized spacial score (nSPS) is 43.8. The summed E-state index contributed by atoms with van der Waals surface area (Å²) in [5.41, 5.74) is 4.51. The van der Waals surface area contributed by atoms with E-state index in [-0.39, 0.29) is 45.9 Å². The largest absolute Gasteiger partial charge is 0.393 e. The smallest absolute Gasteiger partial charge is 0.160 e. The van der Waals surface area contributed by atoms with Crippen molar-refractivity contribution < 1.29 is 15.0 Å². The van der Waals surface area contributed by atoms with Crippen LogP contribution in [-0.2, 0) is 4.79 Å². The van der Waals surface area contributed by atoms with Crippen molar-refractivity contribution in [3.63, 3.8) is 0 Å². The molecule has 0 aliphatic heterocycles. The van der Waals surface area contributed by atoms with Crippen LogP contribution in [0, 0.1) is 39.4 Å². The van der Waals surface area contributed by atoms with Gasteiger partial charge in [0.1, 0.15) is 0 Å². The summed E-state index contributed by atoms with van der Waals surface area (Å²) >= 11 is 0. The van der Waals surface area contributed by atoms with E-state index in [1.165, 1.54) is 19.3 Å². The lowest BCUT2D eigenvalue weighted by molar-refractivity contribution is -0.119. The molecule has 0 radical (unpaired) electrons. The van der Waals surface area contributed by atoms with Crippen LogP contribution in [0.5, 0.6) is 0 Å². The highest BCUT2D eigenvalue weighted by Gasteiger charge is 2.63. The van der Waals surface area contributed by atoms with E-state index in [1.807, 2.05) is 0 Å². The van der Waals surface area contributed by atoms with E-state index >= 15 is 0 Å². The van der Waals surface area contributed by atoms with Crippen molar-refractivity contribution in [3.05, 3.63) is 23.3 Å². The zero-order valence-corrected chi connectivity index (χ0v) is 22.3. The van der Waals surface area contributed by atoms with Gasteiger partial charge < -0.3 is 10.2 Å². The van der Waals surface area contributed by atoms with E-state index in [0.717, 1.165) is 32.1 Å². The molecule has 0 spiro atoms.